The molecule has 0 radical (unpaired) electrons. The van der Waals surface area contributed by atoms with Gasteiger partial charge in [-0.1, -0.05) is 36.4 Å². The molecular formula is C30H28N4O3. The van der Waals surface area contributed by atoms with Gasteiger partial charge in [0.15, 0.2) is 0 Å². The summed E-state index contributed by atoms with van der Waals surface area (Å²) in [6.07, 6.45) is 6.30. The van der Waals surface area contributed by atoms with Gasteiger partial charge in [0.2, 0.25) is 0 Å². The minimum absolute atomic E-state index is 0.177. The molecule has 7 heteroatoms. The highest BCUT2D eigenvalue weighted by Gasteiger charge is 2.16. The lowest BCUT2D eigenvalue weighted by molar-refractivity contribution is -0.117. The predicted octanol–water partition coefficient (Wildman–Crippen LogP) is 4.80. The van der Waals surface area contributed by atoms with Crippen LogP contribution >= 0.6 is 0 Å². The van der Waals surface area contributed by atoms with Crippen LogP contribution in [0.3, 0.4) is 0 Å². The number of hydrogen-bond acceptors (Lipinski definition) is 3. The first kappa shape index (κ1) is 23.9. The monoisotopic (exact) mass is 492 g/mol. The lowest BCUT2D eigenvalue weighted by atomic mass is 10.1. The highest BCUT2D eigenvalue weighted by atomic mass is 16.5. The fourth-order valence-electron chi connectivity index (χ4n) is 4.48. The number of benzene rings is 3. The molecule has 3 aromatic carbocycles. The normalized spacial score (nSPS) is 11.6. The third kappa shape index (κ3) is 5.11. The summed E-state index contributed by atoms with van der Waals surface area (Å²) in [6.45, 7) is 0.423. The van der Waals surface area contributed by atoms with Crippen molar-refractivity contribution in [1.82, 2.24) is 20.2 Å². The Balaban J connectivity index is 1.39. The van der Waals surface area contributed by atoms with E-state index in [0.29, 0.717) is 24.3 Å². The first-order valence-corrected chi connectivity index (χ1v) is 12.1. The van der Waals surface area contributed by atoms with Crippen LogP contribution in [0.2, 0.25) is 0 Å². The summed E-state index contributed by atoms with van der Waals surface area (Å²) in [7, 11) is 3.53. The Morgan fingerprint density at radius 3 is 2.49 bits per heavy atom. The Morgan fingerprint density at radius 2 is 1.70 bits per heavy atom. The van der Waals surface area contributed by atoms with Crippen LogP contribution in [0.4, 0.5) is 0 Å². The molecule has 7 nitrogen and oxygen atoms in total. The van der Waals surface area contributed by atoms with Crippen LogP contribution < -0.4 is 15.4 Å². The standard InChI is InChI=1S/C30H28N4O3/c1-34-19-22(25-8-4-6-10-28(25)34)17-27(33-29(35)20-11-13-23(37-2)14-12-20)30(36)31-16-15-21-18-32-26-9-5-3-7-24(21)26/h3-14,17-19,32H,15-16H2,1-2H3,(H,31,36)(H,33,35). The molecule has 3 N–H and O–H groups in total. The first-order chi connectivity index (χ1) is 18.0. The van der Waals surface area contributed by atoms with Crippen molar-refractivity contribution in [3.63, 3.8) is 0 Å². The first-order valence-electron chi connectivity index (χ1n) is 12.1. The minimum Gasteiger partial charge on any atom is -0.497 e. The number of aromatic nitrogens is 2. The van der Waals surface area contributed by atoms with Gasteiger partial charge in [-0.05, 0) is 54.5 Å². The number of fused-ring (bicyclic) bond motifs is 2. The molecule has 0 aliphatic rings. The number of carbonyl (C=O) groups is 2. The molecule has 0 aliphatic carbocycles. The number of H-pyrrole nitrogens is 1. The Labute approximate surface area is 214 Å². The maximum absolute atomic E-state index is 13.3. The highest BCUT2D eigenvalue weighted by Crippen LogP contribution is 2.23. The molecule has 0 spiro atoms. The van der Waals surface area contributed by atoms with E-state index < -0.39 is 0 Å². The molecule has 0 saturated carbocycles. The van der Waals surface area contributed by atoms with Crippen LogP contribution in [0.15, 0.2) is 90.9 Å². The van der Waals surface area contributed by atoms with Crippen LogP contribution in [-0.4, -0.2) is 35.0 Å². The summed E-state index contributed by atoms with van der Waals surface area (Å²) in [5.74, 6) is -0.0753. The van der Waals surface area contributed by atoms with E-state index in [1.165, 1.54) is 0 Å². The van der Waals surface area contributed by atoms with E-state index in [4.69, 9.17) is 4.74 Å². The van der Waals surface area contributed by atoms with Gasteiger partial charge in [0.1, 0.15) is 11.4 Å². The molecule has 5 rings (SSSR count). The number of nitrogens with zero attached hydrogens (tertiary/aromatic N) is 1. The second-order valence-corrected chi connectivity index (χ2v) is 8.82. The maximum Gasteiger partial charge on any atom is 0.267 e. The van der Waals surface area contributed by atoms with Crippen LogP contribution in [0.25, 0.3) is 27.9 Å². The van der Waals surface area contributed by atoms with Gasteiger partial charge >= 0.3 is 0 Å². The number of hydrogen-bond donors (Lipinski definition) is 3. The zero-order valence-corrected chi connectivity index (χ0v) is 20.7. The van der Waals surface area contributed by atoms with Crippen molar-refractivity contribution in [1.29, 1.82) is 0 Å². The Morgan fingerprint density at radius 1 is 0.973 bits per heavy atom. The molecule has 5 aromatic rings. The Kier molecular flexibility index (Phi) is 6.76. The smallest absolute Gasteiger partial charge is 0.267 e. The van der Waals surface area contributed by atoms with Gasteiger partial charge in [-0.25, -0.2) is 0 Å². The summed E-state index contributed by atoms with van der Waals surface area (Å²) in [6, 6.07) is 22.8. The van der Waals surface area contributed by atoms with E-state index in [0.717, 1.165) is 32.9 Å². The van der Waals surface area contributed by atoms with E-state index >= 15 is 0 Å². The molecule has 2 heterocycles. The fraction of sp³-hybridized carbons (Fsp3) is 0.133. The molecule has 0 bridgehead atoms. The summed E-state index contributed by atoms with van der Waals surface area (Å²) in [5.41, 5.74) is 4.67. The Bertz CT molecular complexity index is 1610. The zero-order valence-electron chi connectivity index (χ0n) is 20.7. The molecule has 0 unspecified atom stereocenters. The lowest BCUT2D eigenvalue weighted by Gasteiger charge is -2.11. The van der Waals surface area contributed by atoms with Gasteiger partial charge in [-0.2, -0.15) is 0 Å². The molecular weight excluding hydrogens is 464 g/mol. The van der Waals surface area contributed by atoms with E-state index in [1.807, 2.05) is 66.5 Å². The third-order valence-electron chi connectivity index (χ3n) is 6.43. The van der Waals surface area contributed by atoms with Gasteiger partial charge in [-0.15, -0.1) is 0 Å². The van der Waals surface area contributed by atoms with E-state index in [2.05, 4.69) is 21.7 Å². The summed E-state index contributed by atoms with van der Waals surface area (Å²) >= 11 is 0. The van der Waals surface area contributed by atoms with Gasteiger partial charge in [-0.3, -0.25) is 9.59 Å². The summed E-state index contributed by atoms with van der Waals surface area (Å²) < 4.78 is 7.18. The van der Waals surface area contributed by atoms with Crippen LogP contribution in [0.5, 0.6) is 5.75 Å². The van der Waals surface area contributed by atoms with E-state index in [-0.39, 0.29) is 17.5 Å². The van der Waals surface area contributed by atoms with Crippen LogP contribution in [0, 0.1) is 0 Å². The second kappa shape index (κ2) is 10.5. The molecule has 0 aliphatic heterocycles. The fourth-order valence-corrected chi connectivity index (χ4v) is 4.48. The topological polar surface area (TPSA) is 88.2 Å². The van der Waals surface area contributed by atoms with Gasteiger partial charge in [0, 0.05) is 58.9 Å². The number of nitrogens with one attached hydrogen (secondary N) is 3. The van der Waals surface area contributed by atoms with Crippen molar-refractivity contribution in [2.45, 2.75) is 6.42 Å². The van der Waals surface area contributed by atoms with Crippen molar-refractivity contribution in [2.24, 2.45) is 7.05 Å². The van der Waals surface area contributed by atoms with Crippen molar-refractivity contribution in [3.05, 3.63) is 108 Å². The van der Waals surface area contributed by atoms with Gasteiger partial charge in [0.25, 0.3) is 11.8 Å². The number of carbonyl (C=O) groups excluding carboxylic acids is 2. The quantitative estimate of drug-likeness (QED) is 0.272. The average Bonchev–Trinajstić information content (AvgIpc) is 3.49. The van der Waals surface area contributed by atoms with Gasteiger partial charge < -0.3 is 24.9 Å². The lowest BCUT2D eigenvalue weighted by Crippen LogP contribution is -2.35. The third-order valence-corrected chi connectivity index (χ3v) is 6.43. The van der Waals surface area contributed by atoms with Crippen molar-refractivity contribution in [3.8, 4) is 5.75 Å². The SMILES string of the molecule is COc1ccc(C(=O)NC(=Cc2cn(C)c3ccccc23)C(=O)NCCc2c[nH]c3ccccc23)cc1. The van der Waals surface area contributed by atoms with Crippen LogP contribution in [-0.2, 0) is 18.3 Å². The zero-order chi connectivity index (χ0) is 25.8. The van der Waals surface area contributed by atoms with Gasteiger partial charge in [0.05, 0.1) is 7.11 Å². The number of ether oxygens (including phenoxy) is 1. The summed E-state index contributed by atoms with van der Waals surface area (Å²) in [4.78, 5) is 29.6. The molecule has 2 aromatic heterocycles. The number of para-hydroxylation sites is 2. The number of aromatic amines is 1. The van der Waals surface area contributed by atoms with Crippen molar-refractivity contribution >= 4 is 39.7 Å². The molecule has 186 valence electrons. The van der Waals surface area contributed by atoms with E-state index in [1.54, 1.807) is 37.5 Å². The molecule has 0 atom stereocenters. The summed E-state index contributed by atoms with van der Waals surface area (Å²) in [5, 5.41) is 7.92. The molecule has 2 amide bonds. The highest BCUT2D eigenvalue weighted by molar-refractivity contribution is 6.06. The molecule has 37 heavy (non-hydrogen) atoms. The number of methoxy groups -OCH3 is 1. The minimum atomic E-state index is -0.374. The predicted molar refractivity (Wildman–Crippen MR) is 146 cm³/mol. The van der Waals surface area contributed by atoms with Crippen molar-refractivity contribution < 1.29 is 14.3 Å². The maximum atomic E-state index is 13.3. The average molecular weight is 493 g/mol. The Hall–Kier alpha value is -4.78. The molecule has 0 fully saturated rings. The van der Waals surface area contributed by atoms with E-state index in [9.17, 15) is 9.59 Å². The largest absolute Gasteiger partial charge is 0.497 e. The molecule has 0 saturated heterocycles. The number of rotatable bonds is 8. The number of aryl methyl sites for hydroxylation is 1. The van der Waals surface area contributed by atoms with Crippen molar-refractivity contribution in [2.75, 3.05) is 13.7 Å². The second-order valence-electron chi connectivity index (χ2n) is 8.82. The number of amides is 2. The van der Waals surface area contributed by atoms with Crippen LogP contribution in [0.1, 0.15) is 21.5 Å².